The van der Waals surface area contributed by atoms with Gasteiger partial charge in [0.15, 0.2) is 16.7 Å². The summed E-state index contributed by atoms with van der Waals surface area (Å²) in [5.41, 5.74) is 0.601. The highest BCUT2D eigenvalue weighted by Crippen LogP contribution is 2.27. The molecule has 0 bridgehead atoms. The van der Waals surface area contributed by atoms with Crippen molar-refractivity contribution in [3.05, 3.63) is 52.8 Å². The molecular formula is C19H23N3O5S. The lowest BCUT2D eigenvalue weighted by atomic mass is 10.1. The second kappa shape index (κ2) is 10.4. The summed E-state index contributed by atoms with van der Waals surface area (Å²) in [4.78, 5) is 27.9. The summed E-state index contributed by atoms with van der Waals surface area (Å²) in [6, 6.07) is 6.62. The number of hydrogen-bond donors (Lipinski definition) is 2. The van der Waals surface area contributed by atoms with Crippen LogP contribution < -0.4 is 20.3 Å². The Bertz CT molecular complexity index is 898. The largest absolute Gasteiger partial charge is 0.493 e. The number of amides is 1. The van der Waals surface area contributed by atoms with Crippen molar-refractivity contribution in [2.45, 2.75) is 18.1 Å². The second-order valence-corrected chi connectivity index (χ2v) is 6.65. The highest BCUT2D eigenvalue weighted by atomic mass is 32.2. The van der Waals surface area contributed by atoms with E-state index in [9.17, 15) is 14.7 Å². The summed E-state index contributed by atoms with van der Waals surface area (Å²) in [5, 5.41) is 12.6. The number of aromatic hydroxyl groups is 1. The zero-order chi connectivity index (χ0) is 20.5. The van der Waals surface area contributed by atoms with Gasteiger partial charge >= 0.3 is 0 Å². The molecule has 0 atom stereocenters. The molecular weight excluding hydrogens is 382 g/mol. The van der Waals surface area contributed by atoms with Crippen LogP contribution in [0.5, 0.6) is 17.4 Å². The zero-order valence-corrected chi connectivity index (χ0v) is 16.6. The van der Waals surface area contributed by atoms with Crippen LogP contribution in [0.15, 0.2) is 46.9 Å². The molecule has 0 saturated carbocycles. The maximum Gasteiger partial charge on any atom is 0.258 e. The van der Waals surface area contributed by atoms with Gasteiger partial charge in [0, 0.05) is 13.1 Å². The van der Waals surface area contributed by atoms with Crippen molar-refractivity contribution in [3.63, 3.8) is 0 Å². The van der Waals surface area contributed by atoms with Crippen LogP contribution in [-0.4, -0.2) is 47.1 Å². The molecule has 2 rings (SSSR count). The van der Waals surface area contributed by atoms with Gasteiger partial charge in [-0.05, 0) is 24.1 Å². The molecule has 1 amide bonds. The third-order valence-electron chi connectivity index (χ3n) is 3.79. The number of nitrogens with zero attached hydrogens (tertiary/aromatic N) is 2. The molecule has 0 fully saturated rings. The average molecular weight is 405 g/mol. The van der Waals surface area contributed by atoms with Gasteiger partial charge in [-0.15, -0.1) is 6.58 Å². The number of allylic oxidation sites excluding steroid dienone is 1. The van der Waals surface area contributed by atoms with E-state index in [1.165, 1.54) is 4.57 Å². The standard InChI is InChI=1S/C19H23N3O5S/c1-4-9-22-18(25)11-16(23)21-19(22)28-12-17(24)20-8-7-13-5-6-14(26-2)15(10-13)27-3/h4-6,10-11,23H,1,7-9,12H2,2-3H3,(H,20,24). The predicted octanol–water partition coefficient (Wildman–Crippen LogP) is 1.60. The molecule has 1 aromatic carbocycles. The third kappa shape index (κ3) is 5.78. The fraction of sp³-hybridized carbons (Fsp3) is 0.316. The van der Waals surface area contributed by atoms with Gasteiger partial charge in [-0.1, -0.05) is 23.9 Å². The first kappa shape index (κ1) is 21.4. The topological polar surface area (TPSA) is 103 Å². The molecule has 2 aromatic rings. The van der Waals surface area contributed by atoms with Crippen LogP contribution in [0, 0.1) is 0 Å². The third-order valence-corrected chi connectivity index (χ3v) is 4.76. The Balaban J connectivity index is 1.89. The smallest absolute Gasteiger partial charge is 0.258 e. The van der Waals surface area contributed by atoms with Gasteiger partial charge in [0.2, 0.25) is 11.8 Å². The van der Waals surface area contributed by atoms with Crippen molar-refractivity contribution in [1.82, 2.24) is 14.9 Å². The van der Waals surface area contributed by atoms with Crippen molar-refractivity contribution < 1.29 is 19.4 Å². The number of methoxy groups -OCH3 is 2. The predicted molar refractivity (Wildman–Crippen MR) is 107 cm³/mol. The van der Waals surface area contributed by atoms with E-state index in [0.29, 0.717) is 24.5 Å². The Hall–Kier alpha value is -2.94. The van der Waals surface area contributed by atoms with Crippen molar-refractivity contribution in [1.29, 1.82) is 0 Å². The second-order valence-electron chi connectivity index (χ2n) is 5.71. The van der Waals surface area contributed by atoms with Gasteiger partial charge in [0.25, 0.3) is 5.56 Å². The molecule has 0 radical (unpaired) electrons. The van der Waals surface area contributed by atoms with Crippen LogP contribution in [0.25, 0.3) is 0 Å². The van der Waals surface area contributed by atoms with Crippen LogP contribution in [0.1, 0.15) is 5.56 Å². The molecule has 0 spiro atoms. The average Bonchev–Trinajstić information content (AvgIpc) is 2.68. The molecule has 0 unspecified atom stereocenters. The maximum absolute atomic E-state index is 12.1. The Morgan fingerprint density at radius 1 is 1.32 bits per heavy atom. The van der Waals surface area contributed by atoms with Gasteiger partial charge in [-0.2, -0.15) is 4.98 Å². The highest BCUT2D eigenvalue weighted by Gasteiger charge is 2.11. The molecule has 1 aromatic heterocycles. The number of hydrogen-bond acceptors (Lipinski definition) is 7. The number of rotatable bonds is 10. The van der Waals surface area contributed by atoms with Crippen LogP contribution in [0.2, 0.25) is 0 Å². The van der Waals surface area contributed by atoms with E-state index in [1.54, 1.807) is 20.3 Å². The summed E-state index contributed by atoms with van der Waals surface area (Å²) in [7, 11) is 3.15. The summed E-state index contributed by atoms with van der Waals surface area (Å²) in [5.74, 6) is 0.779. The van der Waals surface area contributed by atoms with Crippen LogP contribution in [0.4, 0.5) is 0 Å². The van der Waals surface area contributed by atoms with Crippen LogP contribution >= 0.6 is 11.8 Å². The summed E-state index contributed by atoms with van der Waals surface area (Å²) < 4.78 is 11.8. The lowest BCUT2D eigenvalue weighted by molar-refractivity contribution is -0.118. The van der Waals surface area contributed by atoms with Gasteiger partial charge in [-0.3, -0.25) is 14.2 Å². The fourth-order valence-corrected chi connectivity index (χ4v) is 3.28. The first-order chi connectivity index (χ1) is 13.5. The molecule has 0 aliphatic carbocycles. The number of carbonyl (C=O) groups excluding carboxylic acids is 1. The van der Waals surface area contributed by atoms with Gasteiger partial charge < -0.3 is 19.9 Å². The molecule has 0 aliphatic rings. The van der Waals surface area contributed by atoms with Gasteiger partial charge in [0.1, 0.15) is 0 Å². The van der Waals surface area contributed by atoms with E-state index >= 15 is 0 Å². The first-order valence-corrected chi connectivity index (χ1v) is 9.49. The number of ether oxygens (including phenoxy) is 2. The molecule has 0 saturated heterocycles. The Kier molecular flexibility index (Phi) is 7.94. The molecule has 8 nitrogen and oxygen atoms in total. The van der Waals surface area contributed by atoms with E-state index in [1.807, 2.05) is 18.2 Å². The monoisotopic (exact) mass is 405 g/mol. The van der Waals surface area contributed by atoms with Crippen molar-refractivity contribution in [2.75, 3.05) is 26.5 Å². The Morgan fingerprint density at radius 2 is 2.07 bits per heavy atom. The molecule has 9 heteroatoms. The SMILES string of the molecule is C=CCn1c(SCC(=O)NCCc2ccc(OC)c(OC)c2)nc(O)cc1=O. The fourth-order valence-electron chi connectivity index (χ4n) is 2.44. The maximum atomic E-state index is 12.1. The van der Waals surface area contributed by atoms with Gasteiger partial charge in [-0.25, -0.2) is 0 Å². The minimum absolute atomic E-state index is 0.0684. The minimum atomic E-state index is -0.399. The minimum Gasteiger partial charge on any atom is -0.493 e. The zero-order valence-electron chi connectivity index (χ0n) is 15.8. The molecule has 0 aliphatic heterocycles. The molecule has 2 N–H and O–H groups in total. The van der Waals surface area contributed by atoms with Crippen molar-refractivity contribution >= 4 is 17.7 Å². The van der Waals surface area contributed by atoms with E-state index < -0.39 is 5.56 Å². The first-order valence-electron chi connectivity index (χ1n) is 8.50. The normalized spacial score (nSPS) is 10.4. The number of aromatic nitrogens is 2. The number of thioether (sulfide) groups is 1. The molecule has 1 heterocycles. The molecule has 28 heavy (non-hydrogen) atoms. The van der Waals surface area contributed by atoms with E-state index in [4.69, 9.17) is 9.47 Å². The van der Waals surface area contributed by atoms with E-state index in [2.05, 4.69) is 16.9 Å². The number of nitrogens with one attached hydrogen (secondary N) is 1. The number of benzene rings is 1. The van der Waals surface area contributed by atoms with Gasteiger partial charge in [0.05, 0.1) is 26.0 Å². The number of carbonyl (C=O) groups is 1. The highest BCUT2D eigenvalue weighted by molar-refractivity contribution is 7.99. The van der Waals surface area contributed by atoms with E-state index in [-0.39, 0.29) is 29.2 Å². The lowest BCUT2D eigenvalue weighted by Gasteiger charge is -2.11. The lowest BCUT2D eigenvalue weighted by Crippen LogP contribution is -2.28. The Labute approximate surface area is 167 Å². The van der Waals surface area contributed by atoms with Crippen LogP contribution in [-0.2, 0) is 17.8 Å². The van der Waals surface area contributed by atoms with E-state index in [0.717, 1.165) is 23.4 Å². The summed E-state index contributed by atoms with van der Waals surface area (Å²) in [6.07, 6.45) is 2.18. The summed E-state index contributed by atoms with van der Waals surface area (Å²) in [6.45, 7) is 4.28. The van der Waals surface area contributed by atoms with Crippen molar-refractivity contribution in [2.24, 2.45) is 0 Å². The Morgan fingerprint density at radius 3 is 2.75 bits per heavy atom. The van der Waals surface area contributed by atoms with Crippen LogP contribution in [0.3, 0.4) is 0 Å². The molecule has 150 valence electrons. The van der Waals surface area contributed by atoms with Crippen molar-refractivity contribution in [3.8, 4) is 17.4 Å². The quantitative estimate of drug-likeness (QED) is 0.352. The summed E-state index contributed by atoms with van der Waals surface area (Å²) >= 11 is 1.08.